The lowest BCUT2D eigenvalue weighted by atomic mass is 9.92. The van der Waals surface area contributed by atoms with Gasteiger partial charge in [0, 0.05) is 35.4 Å². The Kier molecular flexibility index (Phi) is 7.14. The van der Waals surface area contributed by atoms with Crippen LogP contribution in [0, 0.1) is 6.92 Å². The first kappa shape index (κ1) is 24.6. The zero-order valence-electron chi connectivity index (χ0n) is 21.1. The maximum Gasteiger partial charge on any atom is 0.253 e. The predicted octanol–water partition coefficient (Wildman–Crippen LogP) is 3.36. The molecular formula is C28H36N4O4. The number of hydrogen-bond donors (Lipinski definition) is 3. The van der Waals surface area contributed by atoms with Gasteiger partial charge in [-0.05, 0) is 69.7 Å². The van der Waals surface area contributed by atoms with E-state index in [2.05, 4.69) is 20.5 Å². The minimum atomic E-state index is -0.472. The molecule has 2 aromatic rings. The van der Waals surface area contributed by atoms with Crippen LogP contribution in [0.2, 0.25) is 0 Å². The van der Waals surface area contributed by atoms with Crippen molar-refractivity contribution in [1.29, 1.82) is 0 Å². The fourth-order valence-electron chi connectivity index (χ4n) is 6.22. The number of hydrogen-bond acceptors (Lipinski definition) is 6. The van der Waals surface area contributed by atoms with E-state index in [1.54, 1.807) is 13.3 Å². The number of fused-ring (bicyclic) bond motifs is 2. The van der Waals surface area contributed by atoms with Crippen LogP contribution in [0.3, 0.4) is 0 Å². The second kappa shape index (κ2) is 10.5. The van der Waals surface area contributed by atoms with Gasteiger partial charge in [-0.2, -0.15) is 0 Å². The average Bonchev–Trinajstić information content (AvgIpc) is 3.15. The Bertz CT molecular complexity index is 1090. The number of aliphatic hydroxyl groups excluding tert-OH is 1. The maximum absolute atomic E-state index is 13.0. The number of nitrogens with zero attached hydrogens (tertiary/aromatic N) is 2. The summed E-state index contributed by atoms with van der Waals surface area (Å²) in [4.78, 5) is 32.7. The van der Waals surface area contributed by atoms with Crippen LogP contribution < -0.4 is 20.3 Å². The molecule has 2 aliphatic heterocycles. The van der Waals surface area contributed by atoms with E-state index in [0.717, 1.165) is 68.5 Å². The van der Waals surface area contributed by atoms with Crippen molar-refractivity contribution in [2.45, 2.75) is 88.6 Å². The molecule has 3 N–H and O–H groups in total. The Morgan fingerprint density at radius 3 is 2.42 bits per heavy atom. The molecule has 3 aliphatic rings. The number of nitrogens with one attached hydrogen (secondary N) is 2. The summed E-state index contributed by atoms with van der Waals surface area (Å²) in [6.45, 7) is 1.91. The SMILES string of the molecule is COc1cccc(C(=O)NC2CC3CCC(C2)N3c2ccc(C(=O)N[C@H]3CCCC[C@@H]3O)cn2)c1C. The highest BCUT2D eigenvalue weighted by Crippen LogP contribution is 2.38. The Balaban J connectivity index is 1.21. The molecule has 0 spiro atoms. The number of amides is 2. The molecule has 1 saturated carbocycles. The number of methoxy groups -OCH3 is 1. The molecule has 0 radical (unpaired) electrons. The van der Waals surface area contributed by atoms with Gasteiger partial charge in [0.2, 0.25) is 0 Å². The lowest BCUT2D eigenvalue weighted by molar-refractivity contribution is 0.0717. The van der Waals surface area contributed by atoms with Gasteiger partial charge in [-0.15, -0.1) is 0 Å². The predicted molar refractivity (Wildman–Crippen MR) is 137 cm³/mol. The summed E-state index contributed by atoms with van der Waals surface area (Å²) in [6.07, 6.45) is 8.62. The largest absolute Gasteiger partial charge is 0.496 e. The molecule has 36 heavy (non-hydrogen) atoms. The van der Waals surface area contributed by atoms with Crippen LogP contribution in [0.4, 0.5) is 5.82 Å². The normalized spacial score (nSPS) is 27.4. The van der Waals surface area contributed by atoms with Crippen LogP contribution in [0.15, 0.2) is 36.5 Å². The fourth-order valence-corrected chi connectivity index (χ4v) is 6.22. The second-order valence-corrected chi connectivity index (χ2v) is 10.4. The molecule has 2 amide bonds. The van der Waals surface area contributed by atoms with E-state index < -0.39 is 6.10 Å². The van der Waals surface area contributed by atoms with Crippen molar-refractivity contribution in [2.24, 2.45) is 0 Å². The van der Waals surface area contributed by atoms with E-state index in [4.69, 9.17) is 4.74 Å². The number of aliphatic hydroxyl groups is 1. The van der Waals surface area contributed by atoms with Crippen molar-refractivity contribution in [3.63, 3.8) is 0 Å². The quantitative estimate of drug-likeness (QED) is 0.571. The van der Waals surface area contributed by atoms with Crippen LogP contribution in [-0.2, 0) is 0 Å². The van der Waals surface area contributed by atoms with Crippen LogP contribution in [0.5, 0.6) is 5.75 Å². The van der Waals surface area contributed by atoms with Gasteiger partial charge in [-0.25, -0.2) is 4.98 Å². The summed E-state index contributed by atoms with van der Waals surface area (Å²) in [5.74, 6) is 1.36. The first-order chi connectivity index (χ1) is 17.4. The van der Waals surface area contributed by atoms with Gasteiger partial charge in [0.15, 0.2) is 0 Å². The summed E-state index contributed by atoms with van der Waals surface area (Å²) in [7, 11) is 1.62. The molecule has 3 fully saturated rings. The first-order valence-corrected chi connectivity index (χ1v) is 13.1. The van der Waals surface area contributed by atoms with Crippen LogP contribution in [0.25, 0.3) is 0 Å². The monoisotopic (exact) mass is 492 g/mol. The number of piperidine rings is 1. The highest BCUT2D eigenvalue weighted by Gasteiger charge is 2.42. The number of anilines is 1. The molecule has 8 nitrogen and oxygen atoms in total. The zero-order chi connectivity index (χ0) is 25.2. The van der Waals surface area contributed by atoms with E-state index in [-0.39, 0.29) is 23.9 Å². The van der Waals surface area contributed by atoms with Crippen LogP contribution >= 0.6 is 0 Å². The van der Waals surface area contributed by atoms with Gasteiger partial charge in [0.05, 0.1) is 24.8 Å². The van der Waals surface area contributed by atoms with Crippen molar-refractivity contribution in [3.05, 3.63) is 53.2 Å². The number of ether oxygens (including phenoxy) is 1. The minimum Gasteiger partial charge on any atom is -0.496 e. The smallest absolute Gasteiger partial charge is 0.253 e. The fraction of sp³-hybridized carbons (Fsp3) is 0.536. The van der Waals surface area contributed by atoms with Crippen molar-refractivity contribution in [2.75, 3.05) is 12.0 Å². The van der Waals surface area contributed by atoms with E-state index in [0.29, 0.717) is 23.2 Å². The zero-order valence-corrected chi connectivity index (χ0v) is 21.1. The Hall–Kier alpha value is -3.13. The number of pyridine rings is 1. The topological polar surface area (TPSA) is 104 Å². The third kappa shape index (κ3) is 4.91. The molecule has 1 aliphatic carbocycles. The van der Waals surface area contributed by atoms with Gasteiger partial charge >= 0.3 is 0 Å². The summed E-state index contributed by atoms with van der Waals surface area (Å²) in [5.41, 5.74) is 2.02. The second-order valence-electron chi connectivity index (χ2n) is 10.4. The van der Waals surface area contributed by atoms with E-state index in [1.807, 2.05) is 37.3 Å². The lowest BCUT2D eigenvalue weighted by Gasteiger charge is -2.40. The number of carbonyl (C=O) groups is 2. The van der Waals surface area contributed by atoms with Crippen LogP contribution in [-0.4, -0.2) is 59.3 Å². The highest BCUT2D eigenvalue weighted by atomic mass is 16.5. The number of aromatic nitrogens is 1. The Labute approximate surface area is 212 Å². The summed E-state index contributed by atoms with van der Waals surface area (Å²) >= 11 is 0. The highest BCUT2D eigenvalue weighted by molar-refractivity contribution is 5.96. The molecule has 3 heterocycles. The number of rotatable bonds is 6. The molecule has 192 valence electrons. The summed E-state index contributed by atoms with van der Waals surface area (Å²) in [6, 6.07) is 9.86. The summed E-state index contributed by atoms with van der Waals surface area (Å²) in [5, 5.41) is 16.4. The molecular weight excluding hydrogens is 456 g/mol. The van der Waals surface area contributed by atoms with E-state index in [9.17, 15) is 14.7 Å². The molecule has 4 atom stereocenters. The van der Waals surface area contributed by atoms with Crippen molar-refractivity contribution in [3.8, 4) is 5.75 Å². The number of carbonyl (C=O) groups excluding carboxylic acids is 2. The van der Waals surface area contributed by atoms with Gasteiger partial charge in [-0.3, -0.25) is 9.59 Å². The average molecular weight is 493 g/mol. The Morgan fingerprint density at radius 1 is 1.00 bits per heavy atom. The van der Waals surface area contributed by atoms with E-state index in [1.165, 1.54) is 0 Å². The molecule has 8 heteroatoms. The van der Waals surface area contributed by atoms with Gasteiger partial charge in [0.1, 0.15) is 11.6 Å². The van der Waals surface area contributed by atoms with Gasteiger partial charge in [-0.1, -0.05) is 18.9 Å². The molecule has 1 aromatic carbocycles. The standard InChI is InChI=1S/C28H36N4O4/c1-17-22(6-5-9-25(17)36-2)28(35)30-19-14-20-11-12-21(15-19)32(20)26-13-10-18(16-29-26)27(34)31-23-7-3-4-8-24(23)33/h5-6,9-10,13,16,19-21,23-24,33H,3-4,7-8,11-12,14-15H2,1-2H3,(H,30,35)(H,31,34)/t19?,20?,21?,23-,24-/m0/s1. The summed E-state index contributed by atoms with van der Waals surface area (Å²) < 4.78 is 5.37. The van der Waals surface area contributed by atoms with Gasteiger partial charge < -0.3 is 25.4 Å². The van der Waals surface area contributed by atoms with Crippen molar-refractivity contribution < 1.29 is 19.4 Å². The number of benzene rings is 1. The molecule has 5 rings (SSSR count). The molecule has 1 aromatic heterocycles. The van der Waals surface area contributed by atoms with Crippen molar-refractivity contribution >= 4 is 17.6 Å². The first-order valence-electron chi connectivity index (χ1n) is 13.1. The molecule has 2 saturated heterocycles. The third-order valence-corrected chi connectivity index (χ3v) is 8.14. The maximum atomic E-state index is 13.0. The molecule has 2 bridgehead atoms. The Morgan fingerprint density at radius 2 is 1.75 bits per heavy atom. The third-order valence-electron chi connectivity index (χ3n) is 8.14. The van der Waals surface area contributed by atoms with Crippen LogP contribution in [0.1, 0.15) is 77.6 Å². The molecule has 2 unspecified atom stereocenters. The van der Waals surface area contributed by atoms with Gasteiger partial charge in [0.25, 0.3) is 11.8 Å². The minimum absolute atomic E-state index is 0.0548. The van der Waals surface area contributed by atoms with E-state index >= 15 is 0 Å². The van der Waals surface area contributed by atoms with Crippen molar-refractivity contribution in [1.82, 2.24) is 15.6 Å². The lowest BCUT2D eigenvalue weighted by Crippen LogP contribution is -2.51.